The Morgan fingerprint density at radius 2 is 2.12 bits per heavy atom. The van der Waals surface area contributed by atoms with Gasteiger partial charge in [-0.2, -0.15) is 0 Å². The second kappa shape index (κ2) is 3.43. The van der Waals surface area contributed by atoms with Crippen molar-refractivity contribution in [1.82, 2.24) is 10.2 Å². The van der Waals surface area contributed by atoms with Crippen LogP contribution in [-0.4, -0.2) is 36.4 Å². The van der Waals surface area contributed by atoms with Crippen molar-refractivity contribution in [3.8, 4) is 0 Å². The van der Waals surface area contributed by atoms with Crippen LogP contribution in [0.3, 0.4) is 0 Å². The third-order valence-electron chi connectivity index (χ3n) is 3.35. The Hall–Kier alpha value is -1.65. The van der Waals surface area contributed by atoms with Crippen molar-refractivity contribution in [3.63, 3.8) is 0 Å². The zero-order valence-electron chi connectivity index (χ0n) is 9.09. The van der Waals surface area contributed by atoms with Crippen LogP contribution >= 0.6 is 0 Å². The topological polar surface area (TPSA) is 55.3 Å². The molecule has 1 saturated carbocycles. The molecule has 1 saturated heterocycles. The van der Waals surface area contributed by atoms with Crippen LogP contribution in [0.5, 0.6) is 0 Å². The highest BCUT2D eigenvalue weighted by atomic mass is 16.5. The Morgan fingerprint density at radius 1 is 1.38 bits per heavy atom. The molecule has 2 heterocycles. The van der Waals surface area contributed by atoms with Crippen LogP contribution in [-0.2, 0) is 4.74 Å². The second-order valence-electron chi connectivity index (χ2n) is 4.43. The summed E-state index contributed by atoms with van der Waals surface area (Å²) in [6.45, 7) is 2.16. The number of hydrogen-bond acceptors (Lipinski definition) is 5. The number of methoxy groups -OCH3 is 1. The molecule has 0 spiro atoms. The van der Waals surface area contributed by atoms with Crippen LogP contribution < -0.4 is 4.90 Å². The summed E-state index contributed by atoms with van der Waals surface area (Å²) in [6, 6.07) is 3.50. The average molecular weight is 219 g/mol. The molecule has 2 fully saturated rings. The second-order valence-corrected chi connectivity index (χ2v) is 4.43. The predicted molar refractivity (Wildman–Crippen MR) is 57.2 cm³/mol. The lowest BCUT2D eigenvalue weighted by atomic mass is 10.3. The summed E-state index contributed by atoms with van der Waals surface area (Å²) in [5.41, 5.74) is 0.260. The third kappa shape index (κ3) is 1.52. The van der Waals surface area contributed by atoms with E-state index in [1.807, 2.05) is 6.07 Å². The minimum atomic E-state index is -0.441. The van der Waals surface area contributed by atoms with Crippen LogP contribution in [0.15, 0.2) is 12.1 Å². The quantitative estimate of drug-likeness (QED) is 0.686. The van der Waals surface area contributed by atoms with E-state index in [-0.39, 0.29) is 5.69 Å². The molecule has 3 rings (SSSR count). The molecule has 16 heavy (non-hydrogen) atoms. The molecule has 1 aliphatic carbocycles. The summed E-state index contributed by atoms with van der Waals surface area (Å²) in [5, 5.41) is 7.93. The number of piperidine rings is 1. The molecule has 1 aromatic heterocycles. The maximum atomic E-state index is 11.2. The summed E-state index contributed by atoms with van der Waals surface area (Å²) < 4.78 is 4.57. The van der Waals surface area contributed by atoms with E-state index in [0.717, 1.165) is 30.7 Å². The van der Waals surface area contributed by atoms with E-state index in [2.05, 4.69) is 19.8 Å². The first-order valence-electron chi connectivity index (χ1n) is 5.45. The van der Waals surface area contributed by atoms with Crippen molar-refractivity contribution in [2.24, 2.45) is 11.8 Å². The minimum Gasteiger partial charge on any atom is -0.464 e. The number of carbonyl (C=O) groups excluding carboxylic acids is 1. The van der Waals surface area contributed by atoms with Crippen LogP contribution in [0.1, 0.15) is 16.9 Å². The maximum absolute atomic E-state index is 11.2. The van der Waals surface area contributed by atoms with Gasteiger partial charge in [0.05, 0.1) is 7.11 Å². The molecule has 2 atom stereocenters. The molecule has 1 aliphatic heterocycles. The van der Waals surface area contributed by atoms with Crippen molar-refractivity contribution in [3.05, 3.63) is 17.8 Å². The first-order valence-corrected chi connectivity index (χ1v) is 5.45. The van der Waals surface area contributed by atoms with Gasteiger partial charge >= 0.3 is 5.97 Å². The van der Waals surface area contributed by atoms with Gasteiger partial charge in [-0.05, 0) is 30.4 Å². The molecule has 0 aromatic carbocycles. The van der Waals surface area contributed by atoms with Crippen LogP contribution in [0.2, 0.25) is 0 Å². The number of esters is 1. The lowest BCUT2D eigenvalue weighted by Gasteiger charge is -2.17. The molecular formula is C11H13N3O2. The molecule has 0 amide bonds. The molecule has 2 unspecified atom stereocenters. The van der Waals surface area contributed by atoms with Crippen molar-refractivity contribution < 1.29 is 9.53 Å². The van der Waals surface area contributed by atoms with Gasteiger partial charge in [0.25, 0.3) is 0 Å². The van der Waals surface area contributed by atoms with Gasteiger partial charge < -0.3 is 9.64 Å². The molecule has 0 radical (unpaired) electrons. The lowest BCUT2D eigenvalue weighted by Crippen LogP contribution is -2.23. The molecular weight excluding hydrogens is 206 g/mol. The highest BCUT2D eigenvalue weighted by Crippen LogP contribution is 2.45. The zero-order chi connectivity index (χ0) is 11.1. The largest absolute Gasteiger partial charge is 0.464 e. The van der Waals surface area contributed by atoms with Gasteiger partial charge in [-0.15, -0.1) is 10.2 Å². The van der Waals surface area contributed by atoms with Gasteiger partial charge in [0.2, 0.25) is 0 Å². The molecule has 1 aromatic rings. The van der Waals surface area contributed by atoms with Gasteiger partial charge in [-0.1, -0.05) is 0 Å². The highest BCUT2D eigenvalue weighted by Gasteiger charge is 2.45. The number of ether oxygens (including phenoxy) is 1. The van der Waals surface area contributed by atoms with Gasteiger partial charge in [0.15, 0.2) is 11.5 Å². The fourth-order valence-electron chi connectivity index (χ4n) is 2.29. The summed E-state index contributed by atoms with van der Waals surface area (Å²) >= 11 is 0. The molecule has 0 N–H and O–H groups in total. The average Bonchev–Trinajstić information content (AvgIpc) is 2.95. The Morgan fingerprint density at radius 3 is 2.69 bits per heavy atom. The van der Waals surface area contributed by atoms with E-state index in [1.54, 1.807) is 6.07 Å². The number of aromatic nitrogens is 2. The van der Waals surface area contributed by atoms with Gasteiger partial charge in [0, 0.05) is 13.1 Å². The van der Waals surface area contributed by atoms with E-state index in [1.165, 1.54) is 13.5 Å². The number of carbonyl (C=O) groups is 1. The van der Waals surface area contributed by atoms with Crippen LogP contribution in [0.4, 0.5) is 5.82 Å². The Kier molecular flexibility index (Phi) is 2.05. The SMILES string of the molecule is COC(=O)c1ccc(N2CC3CC3C2)nn1. The van der Waals surface area contributed by atoms with Crippen molar-refractivity contribution in [2.45, 2.75) is 6.42 Å². The third-order valence-corrected chi connectivity index (χ3v) is 3.35. The molecule has 5 heteroatoms. The zero-order valence-corrected chi connectivity index (χ0v) is 9.09. The minimum absolute atomic E-state index is 0.260. The number of nitrogens with zero attached hydrogens (tertiary/aromatic N) is 3. The lowest BCUT2D eigenvalue weighted by molar-refractivity contribution is 0.0592. The van der Waals surface area contributed by atoms with E-state index >= 15 is 0 Å². The van der Waals surface area contributed by atoms with Crippen molar-refractivity contribution in [2.75, 3.05) is 25.1 Å². The Balaban J connectivity index is 1.74. The smallest absolute Gasteiger partial charge is 0.358 e. The molecule has 0 bridgehead atoms. The highest BCUT2D eigenvalue weighted by molar-refractivity contribution is 5.86. The standard InChI is InChI=1S/C11H13N3O2/c1-16-11(15)9-2-3-10(13-12-9)14-5-7-4-8(7)6-14/h2-3,7-8H,4-6H2,1H3. The first-order chi connectivity index (χ1) is 7.78. The Bertz CT molecular complexity index is 408. The molecule has 84 valence electrons. The molecule has 2 aliphatic rings. The summed E-state index contributed by atoms with van der Waals surface area (Å²) in [5.74, 6) is 2.15. The van der Waals surface area contributed by atoms with E-state index < -0.39 is 5.97 Å². The predicted octanol–water partition coefficient (Wildman–Crippen LogP) is 0.719. The monoisotopic (exact) mass is 219 g/mol. The van der Waals surface area contributed by atoms with E-state index in [0.29, 0.717) is 0 Å². The summed E-state index contributed by atoms with van der Waals surface area (Å²) in [7, 11) is 1.34. The summed E-state index contributed by atoms with van der Waals surface area (Å²) in [6.07, 6.45) is 1.37. The summed E-state index contributed by atoms with van der Waals surface area (Å²) in [4.78, 5) is 13.4. The van der Waals surface area contributed by atoms with Crippen molar-refractivity contribution in [1.29, 1.82) is 0 Å². The van der Waals surface area contributed by atoms with Crippen LogP contribution in [0.25, 0.3) is 0 Å². The maximum Gasteiger partial charge on any atom is 0.358 e. The van der Waals surface area contributed by atoms with Crippen molar-refractivity contribution >= 4 is 11.8 Å². The number of rotatable bonds is 2. The van der Waals surface area contributed by atoms with E-state index in [9.17, 15) is 4.79 Å². The number of anilines is 1. The Labute approximate surface area is 93.4 Å². The van der Waals surface area contributed by atoms with Gasteiger partial charge in [-0.3, -0.25) is 0 Å². The van der Waals surface area contributed by atoms with E-state index in [4.69, 9.17) is 0 Å². The normalized spacial score (nSPS) is 26.4. The number of fused-ring (bicyclic) bond motifs is 1. The number of hydrogen-bond donors (Lipinski definition) is 0. The fourth-order valence-corrected chi connectivity index (χ4v) is 2.29. The van der Waals surface area contributed by atoms with Crippen LogP contribution in [0, 0.1) is 11.8 Å². The molecule has 5 nitrogen and oxygen atoms in total. The fraction of sp³-hybridized carbons (Fsp3) is 0.545. The first kappa shape index (κ1) is 9.57. The van der Waals surface area contributed by atoms with Gasteiger partial charge in [-0.25, -0.2) is 4.79 Å². The van der Waals surface area contributed by atoms with Gasteiger partial charge in [0.1, 0.15) is 0 Å².